The minimum absolute atomic E-state index is 0.00187. The number of aryl methyl sites for hydroxylation is 1. The van der Waals surface area contributed by atoms with Crippen LogP contribution in [0.25, 0.3) is 11.1 Å². The summed E-state index contributed by atoms with van der Waals surface area (Å²) in [7, 11) is 0. The number of hydrogen-bond acceptors (Lipinski definition) is 3. The fourth-order valence-corrected chi connectivity index (χ4v) is 4.38. The molecule has 30 heavy (non-hydrogen) atoms. The van der Waals surface area contributed by atoms with Gasteiger partial charge in [-0.2, -0.15) is 4.91 Å². The molecule has 0 amide bonds. The molecular weight excluding hydrogens is 391 g/mol. The van der Waals surface area contributed by atoms with E-state index in [1.54, 1.807) is 6.07 Å². The topological polar surface area (TPSA) is 38.7 Å². The Labute approximate surface area is 175 Å². The SMILES string of the molecule is CCc1cc2c(cc1-c1cc(CN=O)ccc1OC(F)(F)F)C(C)(C)CCC2(C)C. The number of ether oxygens (including phenoxy) is 1. The average molecular weight is 419 g/mol. The molecule has 0 spiro atoms. The Morgan fingerprint density at radius 2 is 1.57 bits per heavy atom. The molecule has 162 valence electrons. The highest BCUT2D eigenvalue weighted by molar-refractivity contribution is 5.76. The molecular formula is C24H28F3NO2. The molecule has 0 bridgehead atoms. The van der Waals surface area contributed by atoms with Crippen LogP contribution in [0.5, 0.6) is 5.75 Å². The van der Waals surface area contributed by atoms with E-state index in [-0.39, 0.29) is 23.1 Å². The van der Waals surface area contributed by atoms with Gasteiger partial charge in [-0.1, -0.05) is 51.9 Å². The van der Waals surface area contributed by atoms with Crippen LogP contribution < -0.4 is 4.74 Å². The van der Waals surface area contributed by atoms with Crippen molar-refractivity contribution in [2.75, 3.05) is 0 Å². The molecule has 0 fully saturated rings. The van der Waals surface area contributed by atoms with Gasteiger partial charge >= 0.3 is 6.36 Å². The number of halogens is 3. The van der Waals surface area contributed by atoms with Gasteiger partial charge in [0.2, 0.25) is 0 Å². The first-order valence-corrected chi connectivity index (χ1v) is 10.2. The van der Waals surface area contributed by atoms with E-state index in [9.17, 15) is 18.1 Å². The molecule has 0 unspecified atom stereocenters. The van der Waals surface area contributed by atoms with Gasteiger partial charge in [0.15, 0.2) is 0 Å². The van der Waals surface area contributed by atoms with Crippen LogP contribution in [0, 0.1) is 4.91 Å². The third kappa shape index (κ3) is 4.37. The van der Waals surface area contributed by atoms with Crippen molar-refractivity contribution >= 4 is 0 Å². The summed E-state index contributed by atoms with van der Waals surface area (Å²) in [5.41, 5.74) is 4.89. The predicted octanol–water partition coefficient (Wildman–Crippen LogP) is 7.43. The lowest BCUT2D eigenvalue weighted by atomic mass is 9.62. The smallest absolute Gasteiger partial charge is 0.405 e. The summed E-state index contributed by atoms with van der Waals surface area (Å²) in [6.45, 7) is 10.7. The molecule has 1 aliphatic rings. The van der Waals surface area contributed by atoms with Gasteiger partial charge in [0.1, 0.15) is 12.3 Å². The predicted molar refractivity (Wildman–Crippen MR) is 113 cm³/mol. The van der Waals surface area contributed by atoms with E-state index in [1.807, 2.05) is 13.0 Å². The number of hydrogen-bond donors (Lipinski definition) is 0. The van der Waals surface area contributed by atoms with Crippen molar-refractivity contribution in [1.29, 1.82) is 0 Å². The van der Waals surface area contributed by atoms with Crippen molar-refractivity contribution in [1.82, 2.24) is 0 Å². The van der Waals surface area contributed by atoms with Crippen LogP contribution in [-0.2, 0) is 23.8 Å². The van der Waals surface area contributed by atoms with Gasteiger partial charge in [0.25, 0.3) is 0 Å². The summed E-state index contributed by atoms with van der Waals surface area (Å²) < 4.78 is 43.6. The zero-order valence-corrected chi connectivity index (χ0v) is 18.1. The van der Waals surface area contributed by atoms with Crippen molar-refractivity contribution in [2.45, 2.75) is 77.6 Å². The molecule has 0 aromatic heterocycles. The standard InChI is InChI=1S/C24H28F3NO2/c1-6-16-12-19-20(23(4,5)10-9-22(19,2)3)13-17(16)18-11-15(14-28-29)7-8-21(18)30-24(25,26)27/h7-8,11-13H,6,9-10,14H2,1-5H3. The minimum Gasteiger partial charge on any atom is -0.405 e. The van der Waals surface area contributed by atoms with E-state index in [2.05, 4.69) is 43.7 Å². The van der Waals surface area contributed by atoms with Gasteiger partial charge in [-0.05, 0) is 76.1 Å². The molecule has 1 aliphatic carbocycles. The number of rotatable bonds is 5. The van der Waals surface area contributed by atoms with Gasteiger partial charge in [0.05, 0.1) is 0 Å². The van der Waals surface area contributed by atoms with Crippen molar-refractivity contribution in [3.8, 4) is 16.9 Å². The highest BCUT2D eigenvalue weighted by Gasteiger charge is 2.38. The van der Waals surface area contributed by atoms with Gasteiger partial charge in [-0.25, -0.2) is 0 Å². The number of benzene rings is 2. The van der Waals surface area contributed by atoms with E-state index in [0.717, 1.165) is 24.0 Å². The molecule has 6 heteroatoms. The monoisotopic (exact) mass is 419 g/mol. The first kappa shape index (κ1) is 22.3. The molecule has 0 atom stereocenters. The molecule has 3 rings (SSSR count). The largest absolute Gasteiger partial charge is 0.573 e. The summed E-state index contributed by atoms with van der Waals surface area (Å²) in [5, 5.41) is 2.89. The van der Waals surface area contributed by atoms with Crippen LogP contribution in [0.2, 0.25) is 0 Å². The van der Waals surface area contributed by atoms with Crippen molar-refractivity contribution < 1.29 is 17.9 Å². The van der Waals surface area contributed by atoms with Gasteiger partial charge in [-0.3, -0.25) is 0 Å². The Balaban J connectivity index is 2.29. The Morgan fingerprint density at radius 3 is 2.10 bits per heavy atom. The lowest BCUT2D eigenvalue weighted by molar-refractivity contribution is -0.274. The van der Waals surface area contributed by atoms with Crippen LogP contribution in [0.4, 0.5) is 13.2 Å². The van der Waals surface area contributed by atoms with Crippen molar-refractivity contribution in [3.63, 3.8) is 0 Å². The van der Waals surface area contributed by atoms with E-state index in [4.69, 9.17) is 0 Å². The molecule has 0 heterocycles. The number of alkyl halides is 3. The van der Waals surface area contributed by atoms with E-state index in [0.29, 0.717) is 23.1 Å². The molecule has 0 saturated carbocycles. The minimum atomic E-state index is -4.80. The molecule has 0 radical (unpaired) electrons. The van der Waals surface area contributed by atoms with E-state index < -0.39 is 6.36 Å². The second-order valence-electron chi connectivity index (χ2n) is 9.34. The van der Waals surface area contributed by atoms with Crippen LogP contribution in [0.1, 0.15) is 69.7 Å². The van der Waals surface area contributed by atoms with Gasteiger partial charge in [-0.15, -0.1) is 13.2 Å². The molecule has 2 aromatic carbocycles. The first-order chi connectivity index (χ1) is 13.9. The average Bonchev–Trinajstić information content (AvgIpc) is 2.65. The molecule has 0 N–H and O–H groups in total. The lowest BCUT2D eigenvalue weighted by Gasteiger charge is -2.42. The highest BCUT2D eigenvalue weighted by Crippen LogP contribution is 2.49. The summed E-state index contributed by atoms with van der Waals surface area (Å²) in [6, 6.07) is 8.49. The first-order valence-electron chi connectivity index (χ1n) is 10.2. The third-order valence-electron chi connectivity index (χ3n) is 6.26. The molecule has 0 aliphatic heterocycles. The van der Waals surface area contributed by atoms with Crippen molar-refractivity contribution in [2.24, 2.45) is 5.18 Å². The quantitative estimate of drug-likeness (QED) is 0.473. The maximum atomic E-state index is 13.1. The summed E-state index contributed by atoms with van der Waals surface area (Å²) in [6.07, 6.45) is -2.08. The Morgan fingerprint density at radius 1 is 0.967 bits per heavy atom. The van der Waals surface area contributed by atoms with Gasteiger partial charge in [0, 0.05) is 5.56 Å². The highest BCUT2D eigenvalue weighted by atomic mass is 19.4. The van der Waals surface area contributed by atoms with Crippen molar-refractivity contribution in [3.05, 3.63) is 57.5 Å². The number of nitrogens with zero attached hydrogens (tertiary/aromatic N) is 1. The van der Waals surface area contributed by atoms with Gasteiger partial charge < -0.3 is 4.74 Å². The summed E-state index contributed by atoms with van der Waals surface area (Å²) >= 11 is 0. The van der Waals surface area contributed by atoms with E-state index in [1.165, 1.54) is 17.7 Å². The lowest BCUT2D eigenvalue weighted by Crippen LogP contribution is -2.34. The van der Waals surface area contributed by atoms with Crippen LogP contribution >= 0.6 is 0 Å². The second-order valence-corrected chi connectivity index (χ2v) is 9.34. The molecule has 0 saturated heterocycles. The third-order valence-corrected chi connectivity index (χ3v) is 6.26. The Bertz CT molecular complexity index is 962. The fourth-order valence-electron chi connectivity index (χ4n) is 4.38. The normalized spacial score (nSPS) is 17.3. The maximum absolute atomic E-state index is 13.1. The summed E-state index contributed by atoms with van der Waals surface area (Å²) in [4.78, 5) is 10.7. The Kier molecular flexibility index (Phi) is 5.74. The van der Waals surface area contributed by atoms with Crippen LogP contribution in [0.15, 0.2) is 35.5 Å². The van der Waals surface area contributed by atoms with Crippen LogP contribution in [-0.4, -0.2) is 6.36 Å². The zero-order valence-electron chi connectivity index (χ0n) is 18.1. The second kappa shape index (κ2) is 7.71. The summed E-state index contributed by atoms with van der Waals surface area (Å²) in [5.74, 6) is -0.264. The maximum Gasteiger partial charge on any atom is 0.573 e. The van der Waals surface area contributed by atoms with Crippen LogP contribution in [0.3, 0.4) is 0 Å². The fraction of sp³-hybridized carbons (Fsp3) is 0.500. The Hall–Kier alpha value is -2.37. The van der Waals surface area contributed by atoms with E-state index >= 15 is 0 Å². The number of fused-ring (bicyclic) bond motifs is 1. The molecule has 3 nitrogen and oxygen atoms in total. The zero-order chi connectivity index (χ0) is 22.3. The molecule has 2 aromatic rings. The number of nitroso groups, excluding NO2 is 1.